The van der Waals surface area contributed by atoms with Crippen molar-refractivity contribution < 1.29 is 4.74 Å². The van der Waals surface area contributed by atoms with E-state index in [-0.39, 0.29) is 0 Å². The minimum absolute atomic E-state index is 0.501. The van der Waals surface area contributed by atoms with Crippen LogP contribution in [0.25, 0.3) is 0 Å². The molecular weight excluding hydrogens is 232 g/mol. The molecule has 1 saturated heterocycles. The van der Waals surface area contributed by atoms with Gasteiger partial charge in [-0.15, -0.1) is 0 Å². The van der Waals surface area contributed by atoms with Gasteiger partial charge < -0.3 is 4.74 Å². The summed E-state index contributed by atoms with van der Waals surface area (Å²) in [7, 11) is 0. The zero-order valence-corrected chi connectivity index (χ0v) is 12.9. The zero-order valence-electron chi connectivity index (χ0n) is 12.9. The van der Waals surface area contributed by atoms with E-state index in [4.69, 9.17) is 4.74 Å². The van der Waals surface area contributed by atoms with Gasteiger partial charge in [0.15, 0.2) is 0 Å². The van der Waals surface area contributed by atoms with Gasteiger partial charge in [-0.3, -0.25) is 0 Å². The van der Waals surface area contributed by atoms with Crippen LogP contribution in [0, 0.1) is 0 Å². The second-order valence-corrected chi connectivity index (χ2v) is 5.59. The van der Waals surface area contributed by atoms with Crippen molar-refractivity contribution >= 4 is 0 Å². The van der Waals surface area contributed by atoms with Crippen molar-refractivity contribution in [3.63, 3.8) is 0 Å². The summed E-state index contributed by atoms with van der Waals surface area (Å²) in [5.41, 5.74) is 0. The largest absolute Gasteiger partial charge is 0.369 e. The molecule has 0 aromatic carbocycles. The fourth-order valence-electron chi connectivity index (χ4n) is 2.38. The number of rotatable bonds is 12. The lowest BCUT2D eigenvalue weighted by molar-refractivity contribution is 0.372. The molecule has 0 saturated carbocycles. The van der Waals surface area contributed by atoms with Crippen LogP contribution in [0.5, 0.6) is 0 Å². The van der Waals surface area contributed by atoms with Gasteiger partial charge in [0.1, 0.15) is 0 Å². The summed E-state index contributed by atoms with van der Waals surface area (Å²) in [6.07, 6.45) is 23.1. The second-order valence-electron chi connectivity index (χ2n) is 5.59. The van der Waals surface area contributed by atoms with Crippen molar-refractivity contribution in [1.82, 2.24) is 0 Å². The van der Waals surface area contributed by atoms with E-state index in [1.54, 1.807) is 0 Å². The molecule has 1 aliphatic rings. The first kappa shape index (κ1) is 16.5. The summed E-state index contributed by atoms with van der Waals surface area (Å²) in [6, 6.07) is 0. The molecule has 110 valence electrons. The average Bonchev–Trinajstić information content (AvgIpc) is 3.16. The average molecular weight is 264 g/mol. The zero-order chi connectivity index (χ0) is 13.8. The molecule has 2 unspecified atom stereocenters. The van der Waals surface area contributed by atoms with Crippen LogP contribution in [0.2, 0.25) is 0 Å². The van der Waals surface area contributed by atoms with E-state index >= 15 is 0 Å². The minimum Gasteiger partial charge on any atom is -0.369 e. The summed E-state index contributed by atoms with van der Waals surface area (Å²) in [5, 5.41) is 0. The molecule has 2 atom stereocenters. The Morgan fingerprint density at radius 3 is 2.05 bits per heavy atom. The molecule has 0 aromatic heterocycles. The van der Waals surface area contributed by atoms with E-state index in [1.807, 2.05) is 0 Å². The van der Waals surface area contributed by atoms with E-state index in [1.165, 1.54) is 44.9 Å². The smallest absolute Gasteiger partial charge is 0.0879 e. The van der Waals surface area contributed by atoms with E-state index < -0.39 is 0 Å². The van der Waals surface area contributed by atoms with Gasteiger partial charge in [0.2, 0.25) is 0 Å². The fourth-order valence-corrected chi connectivity index (χ4v) is 2.38. The number of epoxide rings is 1. The van der Waals surface area contributed by atoms with E-state index in [0.29, 0.717) is 12.2 Å². The normalized spacial score (nSPS) is 22.6. The lowest BCUT2D eigenvalue weighted by Crippen LogP contribution is -1.90. The molecule has 1 heteroatoms. The quantitative estimate of drug-likeness (QED) is 0.246. The molecule has 0 aliphatic carbocycles. The highest BCUT2D eigenvalue weighted by Gasteiger charge is 2.35. The van der Waals surface area contributed by atoms with Gasteiger partial charge in [0, 0.05) is 0 Å². The summed E-state index contributed by atoms with van der Waals surface area (Å²) in [5.74, 6) is 0. The maximum Gasteiger partial charge on any atom is 0.0879 e. The van der Waals surface area contributed by atoms with Crippen LogP contribution in [0.4, 0.5) is 0 Å². The Labute approximate surface area is 120 Å². The van der Waals surface area contributed by atoms with Crippen LogP contribution in [0.15, 0.2) is 24.3 Å². The maximum absolute atomic E-state index is 5.63. The number of hydrogen-bond acceptors (Lipinski definition) is 1. The number of ether oxygens (including phenoxy) is 1. The Hall–Kier alpha value is -0.560. The molecule has 0 radical (unpaired) electrons. The summed E-state index contributed by atoms with van der Waals surface area (Å²) >= 11 is 0. The third-order valence-electron chi connectivity index (χ3n) is 3.72. The van der Waals surface area contributed by atoms with Crippen LogP contribution in [-0.2, 0) is 4.74 Å². The van der Waals surface area contributed by atoms with Crippen LogP contribution >= 0.6 is 0 Å². The van der Waals surface area contributed by atoms with Crippen LogP contribution in [0.3, 0.4) is 0 Å². The molecule has 19 heavy (non-hydrogen) atoms. The van der Waals surface area contributed by atoms with Gasteiger partial charge in [-0.05, 0) is 32.1 Å². The van der Waals surface area contributed by atoms with Gasteiger partial charge in [-0.2, -0.15) is 0 Å². The molecule has 1 heterocycles. The second kappa shape index (κ2) is 11.3. The predicted octanol–water partition coefficient (Wildman–Crippen LogP) is 5.81. The monoisotopic (exact) mass is 264 g/mol. The predicted molar refractivity (Wildman–Crippen MR) is 84.5 cm³/mol. The number of unbranched alkanes of at least 4 members (excludes halogenated alkanes) is 6. The molecule has 1 aliphatic heterocycles. The van der Waals surface area contributed by atoms with Crippen molar-refractivity contribution in [2.75, 3.05) is 0 Å². The van der Waals surface area contributed by atoms with Gasteiger partial charge in [-0.1, -0.05) is 70.3 Å². The summed E-state index contributed by atoms with van der Waals surface area (Å²) in [4.78, 5) is 0. The molecule has 1 rings (SSSR count). The first-order valence-corrected chi connectivity index (χ1v) is 8.34. The highest BCUT2D eigenvalue weighted by atomic mass is 16.6. The molecule has 0 N–H and O–H groups in total. The van der Waals surface area contributed by atoms with Crippen molar-refractivity contribution in [3.05, 3.63) is 24.3 Å². The third-order valence-corrected chi connectivity index (χ3v) is 3.72. The highest BCUT2D eigenvalue weighted by molar-refractivity contribution is 4.97. The number of hydrogen-bond donors (Lipinski definition) is 0. The Bertz CT molecular complexity index is 254. The van der Waals surface area contributed by atoms with Crippen LogP contribution < -0.4 is 0 Å². The molecule has 0 aromatic rings. The van der Waals surface area contributed by atoms with Crippen molar-refractivity contribution in [2.24, 2.45) is 0 Å². The Balaban J connectivity index is 1.85. The maximum atomic E-state index is 5.63. The molecule has 1 nitrogen and oxygen atoms in total. The van der Waals surface area contributed by atoms with Gasteiger partial charge in [-0.25, -0.2) is 0 Å². The minimum atomic E-state index is 0.501. The standard InChI is InChI=1S/C18H32O/c1-3-5-7-8-9-10-11-12-14-16-18-17(19-18)15-13-6-4-2/h6,12-14,17-18H,3-5,7-11,15-16H2,1-2H3/b13-6+,14-12-. The van der Waals surface area contributed by atoms with Crippen LogP contribution in [0.1, 0.15) is 78.1 Å². The molecule has 1 fully saturated rings. The highest BCUT2D eigenvalue weighted by Crippen LogP contribution is 2.29. The van der Waals surface area contributed by atoms with E-state index in [2.05, 4.69) is 38.2 Å². The SMILES string of the molecule is CC/C=C/CC1OC1C/C=C\CCCCCCCC. The van der Waals surface area contributed by atoms with Gasteiger partial charge in [0.25, 0.3) is 0 Å². The summed E-state index contributed by atoms with van der Waals surface area (Å²) in [6.45, 7) is 4.45. The first-order valence-electron chi connectivity index (χ1n) is 8.34. The topological polar surface area (TPSA) is 12.5 Å². The lowest BCUT2D eigenvalue weighted by Gasteiger charge is -1.97. The Morgan fingerprint density at radius 1 is 0.737 bits per heavy atom. The van der Waals surface area contributed by atoms with Crippen molar-refractivity contribution in [2.45, 2.75) is 90.3 Å². The fraction of sp³-hybridized carbons (Fsp3) is 0.778. The molecule has 0 bridgehead atoms. The molecule has 0 amide bonds. The van der Waals surface area contributed by atoms with Crippen molar-refractivity contribution in [1.29, 1.82) is 0 Å². The summed E-state index contributed by atoms with van der Waals surface area (Å²) < 4.78 is 5.63. The molecular formula is C18H32O. The third kappa shape index (κ3) is 9.04. The lowest BCUT2D eigenvalue weighted by atomic mass is 10.1. The van der Waals surface area contributed by atoms with Gasteiger partial charge in [0.05, 0.1) is 12.2 Å². The number of allylic oxidation sites excluding steroid dienone is 2. The van der Waals surface area contributed by atoms with E-state index in [9.17, 15) is 0 Å². The van der Waals surface area contributed by atoms with Crippen molar-refractivity contribution in [3.8, 4) is 0 Å². The first-order chi connectivity index (χ1) is 9.38. The van der Waals surface area contributed by atoms with Gasteiger partial charge >= 0.3 is 0 Å². The van der Waals surface area contributed by atoms with Crippen LogP contribution in [-0.4, -0.2) is 12.2 Å². The Kier molecular flexibility index (Phi) is 9.79. The van der Waals surface area contributed by atoms with E-state index in [0.717, 1.165) is 19.3 Å². The molecule has 0 spiro atoms. The Morgan fingerprint density at radius 2 is 1.37 bits per heavy atom.